The number of benzene rings is 1. The molecule has 14 nitrogen and oxygen atoms in total. The van der Waals surface area contributed by atoms with Crippen LogP contribution >= 0.6 is 23.1 Å². The number of carbonyl (C=O) groups excluding carboxylic acids is 4. The topological polar surface area (TPSA) is 189 Å². The van der Waals surface area contributed by atoms with E-state index < -0.39 is 40.9 Å². The molecule has 4 N–H and O–H groups in total. The first-order valence-electron chi connectivity index (χ1n) is 12.5. The summed E-state index contributed by atoms with van der Waals surface area (Å²) in [6.45, 7) is 5.60. The van der Waals surface area contributed by atoms with Crippen LogP contribution in [0.3, 0.4) is 0 Å². The van der Waals surface area contributed by atoms with Crippen molar-refractivity contribution in [2.45, 2.75) is 50.9 Å². The van der Waals surface area contributed by atoms with Crippen LogP contribution in [0.2, 0.25) is 0 Å². The first kappa shape index (κ1) is 30.5. The predicted octanol–water partition coefficient (Wildman–Crippen LogP) is 2.03. The van der Waals surface area contributed by atoms with E-state index in [-0.39, 0.29) is 41.0 Å². The zero-order chi connectivity index (χ0) is 30.4. The fourth-order valence-electron chi connectivity index (χ4n) is 3.76. The molecule has 2 atom stereocenters. The summed E-state index contributed by atoms with van der Waals surface area (Å²) in [5.74, 6) is -2.11. The Bertz CT molecular complexity index is 1430. The number of oxime groups is 1. The number of nitrogens with one attached hydrogen (secondary N) is 3. The van der Waals surface area contributed by atoms with Crippen LogP contribution in [-0.2, 0) is 41.9 Å². The third-order valence-electron chi connectivity index (χ3n) is 5.74. The highest BCUT2D eigenvalue weighted by molar-refractivity contribution is 8.00. The van der Waals surface area contributed by atoms with Crippen molar-refractivity contribution in [3.63, 3.8) is 0 Å². The number of rotatable bonds is 11. The lowest BCUT2D eigenvalue weighted by Crippen LogP contribution is -2.69. The number of amides is 4. The van der Waals surface area contributed by atoms with Gasteiger partial charge in [0.25, 0.3) is 11.8 Å². The zero-order valence-corrected chi connectivity index (χ0v) is 24.4. The Balaban J connectivity index is 1.40. The molecular weight excluding hydrogens is 588 g/mol. The lowest BCUT2D eigenvalue weighted by atomic mass is 10.1. The Morgan fingerprint density at radius 3 is 2.60 bits per heavy atom. The molecule has 4 rings (SSSR count). The lowest BCUT2D eigenvalue weighted by Gasteiger charge is -2.46. The molecule has 16 heteroatoms. The molecule has 3 heterocycles. The molecule has 2 aliphatic heterocycles. The number of alkyl carbamates (subject to hydrolysis) is 1. The number of aliphatic carboxylic acids is 1. The fourth-order valence-corrected chi connectivity index (χ4v) is 5.66. The average molecular weight is 617 g/mol. The number of β-lactam (4-membered cyclic amide) rings is 1. The molecule has 2 aliphatic rings. The quantitative estimate of drug-likeness (QED) is 0.126. The second kappa shape index (κ2) is 13.0. The molecule has 1 aromatic heterocycles. The van der Waals surface area contributed by atoms with Crippen molar-refractivity contribution < 1.29 is 38.7 Å². The summed E-state index contributed by atoms with van der Waals surface area (Å²) < 4.78 is 5.22. The largest absolute Gasteiger partial charge is 0.478 e. The van der Waals surface area contributed by atoms with E-state index in [0.29, 0.717) is 6.41 Å². The first-order chi connectivity index (χ1) is 19.9. The summed E-state index contributed by atoms with van der Waals surface area (Å²) in [6, 6.07) is 6.25. The Morgan fingerprint density at radius 2 is 1.93 bits per heavy atom. The summed E-state index contributed by atoms with van der Waals surface area (Å²) in [5.41, 5.74) is 0.964. The minimum Gasteiger partial charge on any atom is -0.478 e. The minimum atomic E-state index is -1.11. The Hall–Kier alpha value is -4.44. The summed E-state index contributed by atoms with van der Waals surface area (Å²) >= 11 is 2.29. The van der Waals surface area contributed by atoms with Crippen LogP contribution in [0.1, 0.15) is 37.6 Å². The number of nitrogens with zero attached hydrogens (tertiary/aromatic N) is 3. The van der Waals surface area contributed by atoms with Gasteiger partial charge in [-0.25, -0.2) is 14.6 Å². The molecule has 222 valence electrons. The third-order valence-corrected chi connectivity index (χ3v) is 7.83. The second-order valence-corrected chi connectivity index (χ2v) is 12.0. The number of carboxylic acid groups (broad SMARTS) is 1. The summed E-state index contributed by atoms with van der Waals surface area (Å²) in [6.07, 6.45) is 1.20. The van der Waals surface area contributed by atoms with Crippen molar-refractivity contribution >= 4 is 64.2 Å². The molecule has 1 aromatic carbocycles. The number of fused-ring (bicyclic) bond motifs is 1. The van der Waals surface area contributed by atoms with Gasteiger partial charge in [-0.05, 0) is 31.9 Å². The number of aromatic nitrogens is 1. The van der Waals surface area contributed by atoms with Crippen molar-refractivity contribution in [3.05, 3.63) is 58.2 Å². The van der Waals surface area contributed by atoms with E-state index in [0.717, 1.165) is 22.5 Å². The van der Waals surface area contributed by atoms with Crippen LogP contribution in [0.15, 0.2) is 46.6 Å². The number of hydrogen-bond acceptors (Lipinski definition) is 11. The van der Waals surface area contributed by atoms with E-state index in [1.54, 1.807) is 45.0 Å². The smallest absolute Gasteiger partial charge is 0.407 e. The first-order valence-corrected chi connectivity index (χ1v) is 14.5. The Kier molecular flexibility index (Phi) is 9.47. The van der Waals surface area contributed by atoms with Gasteiger partial charge < -0.3 is 35.5 Å². The molecule has 0 saturated carbocycles. The fraction of sp³-hybridized carbons (Fsp3) is 0.346. The van der Waals surface area contributed by atoms with Crippen molar-refractivity contribution in [2.75, 3.05) is 11.1 Å². The van der Waals surface area contributed by atoms with E-state index in [2.05, 4.69) is 26.1 Å². The summed E-state index contributed by atoms with van der Waals surface area (Å²) in [4.78, 5) is 70.7. The van der Waals surface area contributed by atoms with Crippen molar-refractivity contribution in [3.8, 4) is 0 Å². The van der Waals surface area contributed by atoms with Gasteiger partial charge in [0.05, 0.1) is 5.57 Å². The van der Waals surface area contributed by atoms with Crippen molar-refractivity contribution in [1.82, 2.24) is 20.5 Å². The second-order valence-electron chi connectivity index (χ2n) is 10.0. The number of thiazole rings is 1. The van der Waals surface area contributed by atoms with E-state index in [1.165, 1.54) is 28.2 Å². The van der Waals surface area contributed by atoms with Gasteiger partial charge in [-0.15, -0.1) is 23.1 Å². The standard InChI is InChI=1S/C26H28N6O8S2/c1-26(2,3)40-25(38)27-8-14-4-6-15(7-5-14)10-39-31-18(17-12-42-24(29-17)28-13-33)20(34)30-19-21(35)32-9-16(23(36)37)11-41-22(19)32/h4-7,9,12-13,19,22H,8,10-11H2,1-3H3,(H,27,38)(H,30,34)(H,36,37)(H,28,29,33)/t19?,22-/m1/s1. The molecule has 1 fully saturated rings. The van der Waals surface area contributed by atoms with Crippen LogP contribution in [0.5, 0.6) is 0 Å². The molecule has 2 aromatic rings. The normalized spacial score (nSPS) is 18.2. The maximum atomic E-state index is 13.2. The highest BCUT2D eigenvalue weighted by Crippen LogP contribution is 2.36. The highest BCUT2D eigenvalue weighted by Gasteiger charge is 2.50. The van der Waals surface area contributed by atoms with Gasteiger partial charge in [0.1, 0.15) is 29.3 Å². The monoisotopic (exact) mass is 616 g/mol. The molecule has 0 radical (unpaired) electrons. The minimum absolute atomic E-state index is 0.00247. The summed E-state index contributed by atoms with van der Waals surface area (Å²) in [7, 11) is 0. The number of anilines is 1. The maximum Gasteiger partial charge on any atom is 0.407 e. The van der Waals surface area contributed by atoms with Crippen molar-refractivity contribution in [1.29, 1.82) is 0 Å². The van der Waals surface area contributed by atoms with Crippen LogP contribution < -0.4 is 16.0 Å². The molecule has 1 unspecified atom stereocenters. The zero-order valence-electron chi connectivity index (χ0n) is 22.8. The van der Waals surface area contributed by atoms with E-state index in [9.17, 15) is 29.1 Å². The molecule has 4 amide bonds. The summed E-state index contributed by atoms with van der Waals surface area (Å²) in [5, 5.41) is 22.2. The lowest BCUT2D eigenvalue weighted by molar-refractivity contribution is -0.144. The van der Waals surface area contributed by atoms with E-state index in [4.69, 9.17) is 9.57 Å². The highest BCUT2D eigenvalue weighted by atomic mass is 32.2. The molecular formula is C26H28N6O8S2. The molecule has 42 heavy (non-hydrogen) atoms. The Morgan fingerprint density at radius 1 is 1.21 bits per heavy atom. The number of carbonyl (C=O) groups is 5. The van der Waals surface area contributed by atoms with Crippen molar-refractivity contribution in [2.24, 2.45) is 5.16 Å². The van der Waals surface area contributed by atoms with Crippen LogP contribution in [0, 0.1) is 0 Å². The van der Waals surface area contributed by atoms with Gasteiger partial charge in [0, 0.05) is 23.9 Å². The molecule has 0 bridgehead atoms. The maximum absolute atomic E-state index is 13.2. The molecule has 0 spiro atoms. The number of thioether (sulfide) groups is 1. The van der Waals surface area contributed by atoms with Crippen LogP contribution in [0.25, 0.3) is 0 Å². The van der Waals surface area contributed by atoms with Gasteiger partial charge in [-0.2, -0.15) is 0 Å². The predicted molar refractivity (Wildman–Crippen MR) is 153 cm³/mol. The van der Waals surface area contributed by atoms with Gasteiger partial charge in [0.15, 0.2) is 10.8 Å². The van der Waals surface area contributed by atoms with Gasteiger partial charge >= 0.3 is 12.1 Å². The van der Waals surface area contributed by atoms with Gasteiger partial charge in [0.2, 0.25) is 6.41 Å². The number of hydrogen-bond donors (Lipinski definition) is 4. The van der Waals surface area contributed by atoms with E-state index >= 15 is 0 Å². The molecule has 0 aliphatic carbocycles. The average Bonchev–Trinajstić information content (AvgIpc) is 3.40. The SMILES string of the molecule is CC(C)(C)OC(=O)NCc1ccc(CON=C(C(=O)NC2C(=O)N3C=C(C(=O)O)CS[C@H]23)c2csc(NC=O)n2)cc1. The molecule has 1 saturated heterocycles. The number of ether oxygens (including phenoxy) is 1. The Labute approximate surface area is 248 Å². The third kappa shape index (κ3) is 7.64. The van der Waals surface area contributed by atoms with E-state index in [1.807, 2.05) is 0 Å². The van der Waals surface area contributed by atoms with Crippen LogP contribution in [0.4, 0.5) is 9.93 Å². The van der Waals surface area contributed by atoms with Gasteiger partial charge in [-0.3, -0.25) is 14.4 Å². The number of carboxylic acids is 1. The van der Waals surface area contributed by atoms with Crippen LogP contribution in [-0.4, -0.2) is 73.8 Å². The van der Waals surface area contributed by atoms with Gasteiger partial charge in [-0.1, -0.05) is 29.4 Å².